The van der Waals surface area contributed by atoms with E-state index in [-0.39, 0.29) is 24.5 Å². The molecule has 1 aliphatic heterocycles. The van der Waals surface area contributed by atoms with Crippen LogP contribution in [0, 0.1) is 10.1 Å². The second-order valence-corrected chi connectivity index (χ2v) is 10.2. The first-order valence-corrected chi connectivity index (χ1v) is 14.1. The number of non-ortho nitro benzene ring substituents is 1. The van der Waals surface area contributed by atoms with Crippen LogP contribution in [-0.4, -0.2) is 41.6 Å². The van der Waals surface area contributed by atoms with E-state index in [9.17, 15) is 14.9 Å². The molecule has 1 heterocycles. The molecule has 9 nitrogen and oxygen atoms in total. The van der Waals surface area contributed by atoms with Crippen molar-refractivity contribution in [3.8, 4) is 0 Å². The van der Waals surface area contributed by atoms with E-state index in [1.807, 2.05) is 97.9 Å². The molecule has 5 rings (SSSR count). The van der Waals surface area contributed by atoms with Gasteiger partial charge in [0.1, 0.15) is 18.3 Å². The normalized spacial score (nSPS) is 21.7. The lowest BCUT2D eigenvalue weighted by atomic mass is 9.98. The highest BCUT2D eigenvalue weighted by atomic mass is 16.7. The Morgan fingerprint density at radius 3 is 1.58 bits per heavy atom. The highest BCUT2D eigenvalue weighted by molar-refractivity contribution is 5.89. The Morgan fingerprint density at radius 2 is 1.12 bits per heavy atom. The minimum atomic E-state index is -1.14. The summed E-state index contributed by atoms with van der Waals surface area (Å²) in [6, 6.07) is 34.4. The first-order valence-electron chi connectivity index (χ1n) is 14.1. The van der Waals surface area contributed by atoms with Crippen LogP contribution in [0.2, 0.25) is 0 Å². The van der Waals surface area contributed by atoms with Gasteiger partial charge >= 0.3 is 5.97 Å². The van der Waals surface area contributed by atoms with E-state index in [0.717, 1.165) is 16.7 Å². The molecule has 1 fully saturated rings. The number of carbonyl (C=O) groups is 1. The van der Waals surface area contributed by atoms with Crippen LogP contribution in [0.4, 0.5) is 5.69 Å². The first kappa shape index (κ1) is 30.1. The van der Waals surface area contributed by atoms with Crippen molar-refractivity contribution < 1.29 is 33.4 Å². The summed E-state index contributed by atoms with van der Waals surface area (Å²) in [7, 11) is 0. The standard InChI is InChI=1S/C34H33NO8/c1-24-30(39-21-25-11-5-2-6-12-25)31(40-22-26-13-7-3-8-14-26)32(41-23-27-15-9-4-10-16-27)34(42-24)43-33(36)28-17-19-29(20-18-28)35(37)38/h2-20,24,30-32,34H,21-23H2,1H3/t24-,30+,31-,32-,34-/m0/s1. The van der Waals surface area contributed by atoms with E-state index in [2.05, 4.69) is 0 Å². The Bertz CT molecular complexity index is 1450. The zero-order valence-electron chi connectivity index (χ0n) is 23.7. The first-order chi connectivity index (χ1) is 21.0. The minimum Gasteiger partial charge on any atom is -0.429 e. The molecule has 43 heavy (non-hydrogen) atoms. The quantitative estimate of drug-likeness (QED) is 0.109. The van der Waals surface area contributed by atoms with Gasteiger partial charge in [-0.15, -0.1) is 0 Å². The molecule has 1 aliphatic rings. The highest BCUT2D eigenvalue weighted by Crippen LogP contribution is 2.31. The van der Waals surface area contributed by atoms with Crippen molar-refractivity contribution in [2.24, 2.45) is 0 Å². The number of ether oxygens (including phenoxy) is 5. The fourth-order valence-corrected chi connectivity index (χ4v) is 4.86. The van der Waals surface area contributed by atoms with Gasteiger partial charge in [0.2, 0.25) is 6.29 Å². The number of benzene rings is 4. The maximum absolute atomic E-state index is 13.2. The molecule has 4 aromatic carbocycles. The topological polar surface area (TPSA) is 106 Å². The van der Waals surface area contributed by atoms with Crippen LogP contribution in [-0.2, 0) is 43.5 Å². The second kappa shape index (κ2) is 14.7. The van der Waals surface area contributed by atoms with Gasteiger partial charge in [0.15, 0.2) is 0 Å². The molecule has 0 unspecified atom stereocenters. The molecule has 5 atom stereocenters. The number of nitro benzene ring substituents is 1. The van der Waals surface area contributed by atoms with E-state index in [4.69, 9.17) is 23.7 Å². The van der Waals surface area contributed by atoms with Crippen LogP contribution in [0.5, 0.6) is 0 Å². The van der Waals surface area contributed by atoms with Crippen molar-refractivity contribution >= 4 is 11.7 Å². The average Bonchev–Trinajstić information content (AvgIpc) is 3.04. The molecule has 4 aromatic rings. The van der Waals surface area contributed by atoms with E-state index in [1.54, 1.807) is 0 Å². The van der Waals surface area contributed by atoms with Gasteiger partial charge in [-0.1, -0.05) is 91.0 Å². The number of esters is 1. The third-order valence-electron chi connectivity index (χ3n) is 7.12. The molecule has 0 spiro atoms. The van der Waals surface area contributed by atoms with Gasteiger partial charge in [-0.05, 0) is 35.7 Å². The Balaban J connectivity index is 1.41. The van der Waals surface area contributed by atoms with Gasteiger partial charge in [0, 0.05) is 12.1 Å². The molecular weight excluding hydrogens is 550 g/mol. The van der Waals surface area contributed by atoms with Crippen molar-refractivity contribution in [3.63, 3.8) is 0 Å². The molecule has 0 aliphatic carbocycles. The molecule has 0 saturated carbocycles. The number of nitrogens with zero attached hydrogens (tertiary/aromatic N) is 1. The van der Waals surface area contributed by atoms with Crippen molar-refractivity contribution in [2.45, 2.75) is 57.5 Å². The van der Waals surface area contributed by atoms with E-state index >= 15 is 0 Å². The second-order valence-electron chi connectivity index (χ2n) is 10.2. The van der Waals surface area contributed by atoms with Gasteiger partial charge < -0.3 is 23.7 Å². The van der Waals surface area contributed by atoms with E-state index in [0.29, 0.717) is 6.61 Å². The van der Waals surface area contributed by atoms with Crippen LogP contribution in [0.15, 0.2) is 115 Å². The van der Waals surface area contributed by atoms with Crippen molar-refractivity contribution in [2.75, 3.05) is 0 Å². The Labute approximate surface area is 250 Å². The van der Waals surface area contributed by atoms with Gasteiger partial charge in [-0.25, -0.2) is 4.79 Å². The third-order valence-corrected chi connectivity index (χ3v) is 7.12. The lowest BCUT2D eigenvalue weighted by molar-refractivity contribution is -0.384. The summed E-state index contributed by atoms with van der Waals surface area (Å²) in [5.41, 5.74) is 2.89. The smallest absolute Gasteiger partial charge is 0.340 e. The largest absolute Gasteiger partial charge is 0.429 e. The third kappa shape index (κ3) is 8.12. The van der Waals surface area contributed by atoms with Crippen molar-refractivity contribution in [1.29, 1.82) is 0 Å². The molecule has 1 saturated heterocycles. The van der Waals surface area contributed by atoms with Gasteiger partial charge in [0.25, 0.3) is 5.69 Å². The molecular formula is C34H33NO8. The fourth-order valence-electron chi connectivity index (χ4n) is 4.86. The number of rotatable bonds is 12. The summed E-state index contributed by atoms with van der Waals surface area (Å²) < 4.78 is 31.4. The molecule has 0 amide bonds. The maximum Gasteiger partial charge on any atom is 0.340 e. The highest BCUT2D eigenvalue weighted by Gasteiger charge is 2.48. The Kier molecular flexibility index (Phi) is 10.2. The summed E-state index contributed by atoms with van der Waals surface area (Å²) in [6.45, 7) is 2.65. The van der Waals surface area contributed by atoms with Crippen LogP contribution in [0.25, 0.3) is 0 Å². The number of nitro groups is 1. The molecule has 0 aromatic heterocycles. The summed E-state index contributed by atoms with van der Waals surface area (Å²) in [5.74, 6) is -0.703. The van der Waals surface area contributed by atoms with E-state index in [1.165, 1.54) is 24.3 Å². The minimum absolute atomic E-state index is 0.129. The average molecular weight is 584 g/mol. The predicted octanol–water partition coefficient (Wildman–Crippen LogP) is 6.25. The summed E-state index contributed by atoms with van der Waals surface area (Å²) in [6.07, 6.45) is -3.76. The summed E-state index contributed by atoms with van der Waals surface area (Å²) in [4.78, 5) is 23.7. The zero-order chi connectivity index (χ0) is 30.0. The molecule has 9 heteroatoms. The molecule has 0 N–H and O–H groups in total. The number of hydrogen-bond acceptors (Lipinski definition) is 8. The molecule has 0 bridgehead atoms. The summed E-state index contributed by atoms with van der Waals surface area (Å²) >= 11 is 0. The summed E-state index contributed by atoms with van der Waals surface area (Å²) in [5, 5.41) is 11.1. The zero-order valence-corrected chi connectivity index (χ0v) is 23.7. The Hall–Kier alpha value is -4.41. The van der Waals surface area contributed by atoms with Crippen LogP contribution in [0.1, 0.15) is 34.0 Å². The van der Waals surface area contributed by atoms with Gasteiger partial charge in [-0.2, -0.15) is 0 Å². The van der Waals surface area contributed by atoms with Crippen LogP contribution >= 0.6 is 0 Å². The lowest BCUT2D eigenvalue weighted by Gasteiger charge is -2.44. The molecule has 222 valence electrons. The number of carbonyl (C=O) groups excluding carboxylic acids is 1. The lowest BCUT2D eigenvalue weighted by Crippen LogP contribution is -2.60. The monoisotopic (exact) mass is 583 g/mol. The Morgan fingerprint density at radius 1 is 0.674 bits per heavy atom. The van der Waals surface area contributed by atoms with Crippen molar-refractivity contribution in [3.05, 3.63) is 148 Å². The fraction of sp³-hybridized carbons (Fsp3) is 0.265. The maximum atomic E-state index is 13.2. The van der Waals surface area contributed by atoms with Crippen LogP contribution in [0.3, 0.4) is 0 Å². The molecule has 0 radical (unpaired) electrons. The number of hydrogen-bond donors (Lipinski definition) is 0. The van der Waals surface area contributed by atoms with E-state index < -0.39 is 41.6 Å². The van der Waals surface area contributed by atoms with Crippen LogP contribution < -0.4 is 0 Å². The van der Waals surface area contributed by atoms with Crippen molar-refractivity contribution in [1.82, 2.24) is 0 Å². The van der Waals surface area contributed by atoms with Gasteiger partial charge in [-0.3, -0.25) is 10.1 Å². The SMILES string of the molecule is C[C@@H]1O[C@@H](OC(=O)c2ccc([N+](=O)[O-])cc2)[C@@H](OCc2ccccc2)[C@@H](OCc2ccccc2)[C@@H]1OCc1ccccc1. The van der Waals surface area contributed by atoms with Gasteiger partial charge in [0.05, 0.1) is 36.4 Å². The predicted molar refractivity (Wildman–Crippen MR) is 158 cm³/mol.